The third-order valence-electron chi connectivity index (χ3n) is 1.92. The number of nitrogen functional groups attached to an aromatic ring is 1. The van der Waals surface area contributed by atoms with E-state index in [1.165, 1.54) is 0 Å². The molecule has 1 rings (SSSR count). The molecule has 2 nitrogen and oxygen atoms in total. The maximum absolute atomic E-state index is 9.29. The minimum absolute atomic E-state index is 0.147. The van der Waals surface area contributed by atoms with Gasteiger partial charge in [0.05, 0.1) is 5.69 Å². The normalized spacial score (nSPS) is 11.7. The van der Waals surface area contributed by atoms with E-state index in [1.807, 2.05) is 26.0 Å². The summed E-state index contributed by atoms with van der Waals surface area (Å²) in [6.45, 7) is 3.95. The number of nitrogens with two attached hydrogens (primary N) is 1. The summed E-state index contributed by atoms with van der Waals surface area (Å²) in [5.41, 5.74) is 8.01. The Morgan fingerprint density at radius 3 is 2.67 bits per heavy atom. The van der Waals surface area contributed by atoms with Crippen molar-refractivity contribution in [2.45, 2.75) is 13.8 Å². The summed E-state index contributed by atoms with van der Waals surface area (Å²) in [4.78, 5) is 0. The van der Waals surface area contributed by atoms with E-state index in [2.05, 4.69) is 0 Å². The Kier molecular flexibility index (Phi) is 2.38. The number of benzene rings is 1. The van der Waals surface area contributed by atoms with Gasteiger partial charge in [0.15, 0.2) is 0 Å². The predicted octanol–water partition coefficient (Wildman–Crippen LogP) is 2.40. The number of aromatic hydroxyl groups is 1. The van der Waals surface area contributed by atoms with E-state index >= 15 is 0 Å². The zero-order valence-corrected chi connectivity index (χ0v) is 7.33. The second-order valence-electron chi connectivity index (χ2n) is 2.75. The number of anilines is 1. The number of phenols is 1. The molecule has 0 bridgehead atoms. The van der Waals surface area contributed by atoms with Crippen molar-refractivity contribution < 1.29 is 5.11 Å². The van der Waals surface area contributed by atoms with E-state index in [-0.39, 0.29) is 5.75 Å². The van der Waals surface area contributed by atoms with Crippen molar-refractivity contribution in [1.29, 1.82) is 0 Å². The lowest BCUT2D eigenvalue weighted by Gasteiger charge is -2.03. The first-order chi connectivity index (χ1) is 5.65. The summed E-state index contributed by atoms with van der Waals surface area (Å²) in [6.07, 6.45) is 1.99. The molecule has 0 saturated carbocycles. The Labute approximate surface area is 72.3 Å². The van der Waals surface area contributed by atoms with Crippen LogP contribution in [0, 0.1) is 0 Å². The molecule has 0 saturated heterocycles. The molecule has 0 radical (unpaired) electrons. The van der Waals surface area contributed by atoms with Gasteiger partial charge in [-0.15, -0.1) is 0 Å². The molecule has 0 unspecified atom stereocenters. The van der Waals surface area contributed by atoms with Crippen molar-refractivity contribution in [2.24, 2.45) is 0 Å². The van der Waals surface area contributed by atoms with Crippen LogP contribution in [0.3, 0.4) is 0 Å². The quantitative estimate of drug-likeness (QED) is 0.493. The lowest BCUT2D eigenvalue weighted by atomic mass is 10.1. The number of hydrogen-bond donors (Lipinski definition) is 2. The van der Waals surface area contributed by atoms with Crippen LogP contribution in [0.1, 0.15) is 19.4 Å². The monoisotopic (exact) mass is 163 g/mol. The SMILES string of the molecule is C/C=C(\C)c1ccc(N)c(O)c1. The average Bonchev–Trinajstić information content (AvgIpc) is 2.08. The molecule has 0 spiro atoms. The molecule has 0 amide bonds. The Morgan fingerprint density at radius 2 is 2.17 bits per heavy atom. The minimum Gasteiger partial charge on any atom is -0.506 e. The second-order valence-corrected chi connectivity index (χ2v) is 2.75. The lowest BCUT2D eigenvalue weighted by molar-refractivity contribution is 0.478. The number of hydrogen-bond acceptors (Lipinski definition) is 2. The van der Waals surface area contributed by atoms with Gasteiger partial charge in [0, 0.05) is 0 Å². The Balaban J connectivity index is 3.13. The summed E-state index contributed by atoms with van der Waals surface area (Å²) >= 11 is 0. The van der Waals surface area contributed by atoms with Crippen molar-refractivity contribution in [3.05, 3.63) is 29.8 Å². The molecule has 1 aromatic carbocycles. The van der Waals surface area contributed by atoms with Crippen LogP contribution in [0.4, 0.5) is 5.69 Å². The molecule has 3 N–H and O–H groups in total. The minimum atomic E-state index is 0.147. The molecule has 1 aromatic rings. The standard InChI is InChI=1S/C10H13NO/c1-3-7(2)8-4-5-9(11)10(12)6-8/h3-6,12H,11H2,1-2H3/b7-3+. The molecular formula is C10H13NO. The van der Waals surface area contributed by atoms with Crippen molar-refractivity contribution in [3.63, 3.8) is 0 Å². The maximum Gasteiger partial charge on any atom is 0.139 e. The number of allylic oxidation sites excluding steroid dienone is 2. The number of rotatable bonds is 1. The van der Waals surface area contributed by atoms with Crippen molar-refractivity contribution in [2.75, 3.05) is 5.73 Å². The van der Waals surface area contributed by atoms with Crippen molar-refractivity contribution >= 4 is 11.3 Å². The van der Waals surface area contributed by atoms with Crippen LogP contribution in [0.2, 0.25) is 0 Å². The van der Waals surface area contributed by atoms with Crippen LogP contribution in [0.5, 0.6) is 5.75 Å². The van der Waals surface area contributed by atoms with Gasteiger partial charge in [0.25, 0.3) is 0 Å². The topological polar surface area (TPSA) is 46.2 Å². The molecule has 0 fully saturated rings. The van der Waals surface area contributed by atoms with Crippen LogP contribution < -0.4 is 5.73 Å². The van der Waals surface area contributed by atoms with E-state index in [0.29, 0.717) is 5.69 Å². The summed E-state index contributed by atoms with van der Waals surface area (Å²) in [5.74, 6) is 0.147. The van der Waals surface area contributed by atoms with E-state index in [0.717, 1.165) is 11.1 Å². The maximum atomic E-state index is 9.29. The van der Waals surface area contributed by atoms with Gasteiger partial charge in [0.1, 0.15) is 5.75 Å². The first kappa shape index (κ1) is 8.65. The zero-order chi connectivity index (χ0) is 9.14. The second kappa shape index (κ2) is 3.30. The molecule has 0 atom stereocenters. The van der Waals surface area contributed by atoms with Crippen molar-refractivity contribution in [3.8, 4) is 5.75 Å². The van der Waals surface area contributed by atoms with E-state index in [1.54, 1.807) is 12.1 Å². The van der Waals surface area contributed by atoms with Crippen LogP contribution in [0.15, 0.2) is 24.3 Å². The van der Waals surface area contributed by atoms with Gasteiger partial charge in [-0.05, 0) is 37.1 Å². The zero-order valence-electron chi connectivity index (χ0n) is 7.33. The van der Waals surface area contributed by atoms with Crippen LogP contribution >= 0.6 is 0 Å². The molecule has 0 aliphatic carbocycles. The number of phenolic OH excluding ortho intramolecular Hbond substituents is 1. The fourth-order valence-corrected chi connectivity index (χ4v) is 0.956. The highest BCUT2D eigenvalue weighted by atomic mass is 16.3. The molecule has 2 heteroatoms. The fourth-order valence-electron chi connectivity index (χ4n) is 0.956. The van der Waals surface area contributed by atoms with Gasteiger partial charge in [-0.2, -0.15) is 0 Å². The van der Waals surface area contributed by atoms with Gasteiger partial charge in [-0.3, -0.25) is 0 Å². The Bertz CT molecular complexity index is 316. The highest BCUT2D eigenvalue weighted by Crippen LogP contribution is 2.24. The molecule has 0 aliphatic rings. The summed E-state index contributed by atoms with van der Waals surface area (Å²) in [7, 11) is 0. The third-order valence-corrected chi connectivity index (χ3v) is 1.92. The first-order valence-electron chi connectivity index (χ1n) is 3.87. The summed E-state index contributed by atoms with van der Waals surface area (Å²) in [6, 6.07) is 5.27. The smallest absolute Gasteiger partial charge is 0.139 e. The molecule has 0 aliphatic heterocycles. The molecule has 12 heavy (non-hydrogen) atoms. The van der Waals surface area contributed by atoms with Crippen LogP contribution in [-0.4, -0.2) is 5.11 Å². The van der Waals surface area contributed by atoms with Gasteiger partial charge < -0.3 is 10.8 Å². The van der Waals surface area contributed by atoms with Gasteiger partial charge >= 0.3 is 0 Å². The van der Waals surface area contributed by atoms with Gasteiger partial charge in [-0.1, -0.05) is 12.1 Å². The largest absolute Gasteiger partial charge is 0.506 e. The van der Waals surface area contributed by atoms with Gasteiger partial charge in [0.2, 0.25) is 0 Å². The predicted molar refractivity (Wildman–Crippen MR) is 51.8 cm³/mol. The lowest BCUT2D eigenvalue weighted by Crippen LogP contribution is -1.86. The molecule has 0 aromatic heterocycles. The first-order valence-corrected chi connectivity index (χ1v) is 3.87. The Morgan fingerprint density at radius 1 is 1.50 bits per heavy atom. The van der Waals surface area contributed by atoms with Gasteiger partial charge in [-0.25, -0.2) is 0 Å². The van der Waals surface area contributed by atoms with Crippen molar-refractivity contribution in [1.82, 2.24) is 0 Å². The molecule has 64 valence electrons. The summed E-state index contributed by atoms with van der Waals surface area (Å²) in [5, 5.41) is 9.29. The van der Waals surface area contributed by atoms with E-state index < -0.39 is 0 Å². The van der Waals surface area contributed by atoms with E-state index in [9.17, 15) is 5.11 Å². The van der Waals surface area contributed by atoms with E-state index in [4.69, 9.17) is 5.73 Å². The highest BCUT2D eigenvalue weighted by molar-refractivity contribution is 5.68. The third kappa shape index (κ3) is 1.59. The Hall–Kier alpha value is -1.44. The molecule has 0 heterocycles. The average molecular weight is 163 g/mol. The molecular weight excluding hydrogens is 150 g/mol. The fraction of sp³-hybridized carbons (Fsp3) is 0.200. The van der Waals surface area contributed by atoms with Crippen LogP contribution in [0.25, 0.3) is 5.57 Å². The highest BCUT2D eigenvalue weighted by Gasteiger charge is 1.99. The summed E-state index contributed by atoms with van der Waals surface area (Å²) < 4.78 is 0. The van der Waals surface area contributed by atoms with Crippen LogP contribution in [-0.2, 0) is 0 Å².